The second-order valence-corrected chi connectivity index (χ2v) is 5.80. The summed E-state index contributed by atoms with van der Waals surface area (Å²) in [7, 11) is 0. The predicted molar refractivity (Wildman–Crippen MR) is 71.9 cm³/mol. The first-order chi connectivity index (χ1) is 8.08. The van der Waals surface area contributed by atoms with Gasteiger partial charge >= 0.3 is 0 Å². The third kappa shape index (κ3) is 6.67. The van der Waals surface area contributed by atoms with Crippen LogP contribution in [-0.2, 0) is 4.79 Å². The van der Waals surface area contributed by atoms with Crippen molar-refractivity contribution in [2.45, 2.75) is 58.9 Å². The molecule has 1 saturated carbocycles. The molecule has 100 valence electrons. The van der Waals surface area contributed by atoms with E-state index in [1.54, 1.807) is 0 Å². The number of hydrogen-bond acceptors (Lipinski definition) is 2. The van der Waals surface area contributed by atoms with Crippen molar-refractivity contribution in [2.75, 3.05) is 13.1 Å². The topological polar surface area (TPSA) is 41.1 Å². The summed E-state index contributed by atoms with van der Waals surface area (Å²) in [6.07, 6.45) is 5.50. The van der Waals surface area contributed by atoms with E-state index < -0.39 is 0 Å². The van der Waals surface area contributed by atoms with Gasteiger partial charge in [0.05, 0.1) is 0 Å². The summed E-state index contributed by atoms with van der Waals surface area (Å²) >= 11 is 0. The summed E-state index contributed by atoms with van der Waals surface area (Å²) in [5, 5.41) is 6.39. The second kappa shape index (κ2) is 7.70. The van der Waals surface area contributed by atoms with Gasteiger partial charge in [-0.05, 0) is 37.6 Å². The van der Waals surface area contributed by atoms with Crippen LogP contribution in [0, 0.1) is 11.8 Å². The van der Waals surface area contributed by atoms with Crippen LogP contribution in [0.15, 0.2) is 0 Å². The molecular formula is C14H28N2O. The monoisotopic (exact) mass is 240 g/mol. The van der Waals surface area contributed by atoms with E-state index in [9.17, 15) is 4.79 Å². The van der Waals surface area contributed by atoms with Crippen molar-refractivity contribution in [3.63, 3.8) is 0 Å². The number of amides is 1. The Kier molecular flexibility index (Phi) is 6.56. The lowest BCUT2D eigenvalue weighted by Crippen LogP contribution is -2.30. The van der Waals surface area contributed by atoms with Gasteiger partial charge in [-0.2, -0.15) is 0 Å². The van der Waals surface area contributed by atoms with Gasteiger partial charge in [-0.1, -0.05) is 27.2 Å². The van der Waals surface area contributed by atoms with Gasteiger partial charge in [-0.3, -0.25) is 4.79 Å². The molecule has 2 atom stereocenters. The molecule has 0 bridgehead atoms. The summed E-state index contributed by atoms with van der Waals surface area (Å²) < 4.78 is 0. The Hall–Kier alpha value is -0.570. The minimum atomic E-state index is 0.218. The summed E-state index contributed by atoms with van der Waals surface area (Å²) in [6.45, 7) is 8.38. The fourth-order valence-corrected chi connectivity index (χ4v) is 2.50. The lowest BCUT2D eigenvalue weighted by Gasteiger charge is -2.11. The fraction of sp³-hybridized carbons (Fsp3) is 0.929. The standard InChI is InChI=1S/C14H28N2O/c1-11(2)15-8-4-5-14(17)16-10-13-7-6-12(3)9-13/h11-13,15H,4-10H2,1-3H3,(H,16,17). The van der Waals surface area contributed by atoms with E-state index in [1.807, 2.05) is 0 Å². The van der Waals surface area contributed by atoms with Gasteiger partial charge in [0.15, 0.2) is 0 Å². The van der Waals surface area contributed by atoms with Crippen molar-refractivity contribution in [2.24, 2.45) is 11.8 Å². The van der Waals surface area contributed by atoms with Crippen molar-refractivity contribution in [1.29, 1.82) is 0 Å². The van der Waals surface area contributed by atoms with Crippen molar-refractivity contribution in [3.05, 3.63) is 0 Å². The molecular weight excluding hydrogens is 212 g/mol. The number of carbonyl (C=O) groups excluding carboxylic acids is 1. The van der Waals surface area contributed by atoms with E-state index in [0.29, 0.717) is 12.5 Å². The number of hydrogen-bond donors (Lipinski definition) is 2. The van der Waals surface area contributed by atoms with Crippen LogP contribution in [-0.4, -0.2) is 25.0 Å². The highest BCUT2D eigenvalue weighted by molar-refractivity contribution is 5.75. The van der Waals surface area contributed by atoms with Crippen LogP contribution in [0.4, 0.5) is 0 Å². The summed E-state index contributed by atoms with van der Waals surface area (Å²) in [5.74, 6) is 1.80. The first-order valence-electron chi connectivity index (χ1n) is 7.08. The molecule has 3 heteroatoms. The molecule has 3 nitrogen and oxygen atoms in total. The minimum Gasteiger partial charge on any atom is -0.356 e. The third-order valence-electron chi connectivity index (χ3n) is 3.52. The highest BCUT2D eigenvalue weighted by Gasteiger charge is 2.21. The molecule has 0 aromatic heterocycles. The van der Waals surface area contributed by atoms with Gasteiger partial charge in [0.1, 0.15) is 0 Å². The molecule has 1 amide bonds. The largest absolute Gasteiger partial charge is 0.356 e. The fourth-order valence-electron chi connectivity index (χ4n) is 2.50. The average molecular weight is 240 g/mol. The van der Waals surface area contributed by atoms with Crippen LogP contribution in [0.25, 0.3) is 0 Å². The molecule has 0 aliphatic heterocycles. The van der Waals surface area contributed by atoms with Crippen molar-refractivity contribution in [3.8, 4) is 0 Å². The molecule has 1 fully saturated rings. The van der Waals surface area contributed by atoms with E-state index in [0.717, 1.165) is 31.3 Å². The molecule has 2 N–H and O–H groups in total. The molecule has 17 heavy (non-hydrogen) atoms. The van der Waals surface area contributed by atoms with Crippen molar-refractivity contribution < 1.29 is 4.79 Å². The maximum Gasteiger partial charge on any atom is 0.220 e. The molecule has 0 spiro atoms. The predicted octanol–water partition coefficient (Wildman–Crippen LogP) is 2.32. The second-order valence-electron chi connectivity index (χ2n) is 5.80. The molecule has 0 heterocycles. The zero-order valence-corrected chi connectivity index (χ0v) is 11.6. The molecule has 1 aliphatic rings. The lowest BCUT2D eigenvalue weighted by atomic mass is 10.1. The maximum absolute atomic E-state index is 11.6. The smallest absolute Gasteiger partial charge is 0.220 e. The van der Waals surface area contributed by atoms with Crippen LogP contribution in [0.5, 0.6) is 0 Å². The van der Waals surface area contributed by atoms with E-state index in [-0.39, 0.29) is 5.91 Å². The number of nitrogens with one attached hydrogen (secondary N) is 2. The molecule has 0 aromatic rings. The van der Waals surface area contributed by atoms with Crippen LogP contribution in [0.1, 0.15) is 52.9 Å². The van der Waals surface area contributed by atoms with Crippen molar-refractivity contribution in [1.82, 2.24) is 10.6 Å². The van der Waals surface area contributed by atoms with E-state index in [4.69, 9.17) is 0 Å². The zero-order chi connectivity index (χ0) is 12.7. The maximum atomic E-state index is 11.6. The van der Waals surface area contributed by atoms with Crippen LogP contribution < -0.4 is 10.6 Å². The Morgan fingerprint density at radius 1 is 1.35 bits per heavy atom. The van der Waals surface area contributed by atoms with E-state index >= 15 is 0 Å². The van der Waals surface area contributed by atoms with Crippen molar-refractivity contribution >= 4 is 5.91 Å². The Bertz CT molecular complexity index is 228. The molecule has 0 saturated heterocycles. The van der Waals surface area contributed by atoms with Gasteiger partial charge in [0, 0.05) is 19.0 Å². The molecule has 2 unspecified atom stereocenters. The first-order valence-corrected chi connectivity index (χ1v) is 7.08. The Balaban J connectivity index is 1.98. The lowest BCUT2D eigenvalue weighted by molar-refractivity contribution is -0.121. The highest BCUT2D eigenvalue weighted by Crippen LogP contribution is 2.29. The minimum absolute atomic E-state index is 0.218. The zero-order valence-electron chi connectivity index (χ0n) is 11.6. The Labute approximate surface area is 106 Å². The van der Waals surface area contributed by atoms with Gasteiger partial charge in [-0.25, -0.2) is 0 Å². The first kappa shape index (κ1) is 14.5. The molecule has 0 aromatic carbocycles. The number of rotatable bonds is 7. The number of carbonyl (C=O) groups is 1. The summed E-state index contributed by atoms with van der Waals surface area (Å²) in [6, 6.07) is 0.512. The van der Waals surface area contributed by atoms with Gasteiger partial charge in [0.2, 0.25) is 5.91 Å². The van der Waals surface area contributed by atoms with Gasteiger partial charge in [-0.15, -0.1) is 0 Å². The molecule has 0 radical (unpaired) electrons. The normalized spacial score (nSPS) is 24.2. The van der Waals surface area contributed by atoms with Crippen LogP contribution >= 0.6 is 0 Å². The Morgan fingerprint density at radius 3 is 2.71 bits per heavy atom. The summed E-state index contributed by atoms with van der Waals surface area (Å²) in [4.78, 5) is 11.6. The third-order valence-corrected chi connectivity index (χ3v) is 3.52. The Morgan fingerprint density at radius 2 is 2.12 bits per heavy atom. The van der Waals surface area contributed by atoms with E-state index in [2.05, 4.69) is 31.4 Å². The average Bonchev–Trinajstić information content (AvgIpc) is 2.67. The molecule has 1 rings (SSSR count). The highest BCUT2D eigenvalue weighted by atomic mass is 16.1. The summed E-state index contributed by atoms with van der Waals surface area (Å²) in [5.41, 5.74) is 0. The van der Waals surface area contributed by atoms with Crippen LogP contribution in [0.3, 0.4) is 0 Å². The quantitative estimate of drug-likeness (QED) is 0.671. The SMILES string of the molecule is CC1CCC(CNC(=O)CCCNC(C)C)C1. The van der Waals surface area contributed by atoms with E-state index in [1.165, 1.54) is 19.3 Å². The van der Waals surface area contributed by atoms with Gasteiger partial charge in [0.25, 0.3) is 0 Å². The van der Waals surface area contributed by atoms with Crippen LogP contribution in [0.2, 0.25) is 0 Å². The van der Waals surface area contributed by atoms with Gasteiger partial charge < -0.3 is 10.6 Å². The molecule has 1 aliphatic carbocycles.